The van der Waals surface area contributed by atoms with Crippen molar-refractivity contribution in [2.45, 2.75) is 45.3 Å². The summed E-state index contributed by atoms with van der Waals surface area (Å²) in [5.74, 6) is 0.423. The Morgan fingerprint density at radius 1 is 1.12 bits per heavy atom. The quantitative estimate of drug-likeness (QED) is 0.603. The number of benzene rings is 1. The van der Waals surface area contributed by atoms with Crippen molar-refractivity contribution >= 4 is 34.4 Å². The summed E-state index contributed by atoms with van der Waals surface area (Å²) in [5.41, 5.74) is 5.99. The Balaban J connectivity index is 1.68. The Bertz CT molecular complexity index is 1000. The molecule has 33 heavy (non-hydrogen) atoms. The lowest BCUT2D eigenvalue weighted by molar-refractivity contribution is 0.0199. The van der Waals surface area contributed by atoms with Gasteiger partial charge in [-0.25, -0.2) is 9.59 Å². The lowest BCUT2D eigenvalue weighted by Crippen LogP contribution is -2.47. The molecule has 0 atom stereocenters. The topological polar surface area (TPSA) is 123 Å². The smallest absolute Gasteiger partial charge is 0.410 e. The van der Waals surface area contributed by atoms with Gasteiger partial charge in [0.15, 0.2) is 0 Å². The molecule has 1 aliphatic rings. The molecule has 1 fully saturated rings. The molecular formula is C23H30N4O5S. The number of thiophene rings is 1. The molecule has 1 saturated heterocycles. The number of urea groups is 1. The second-order valence-corrected chi connectivity index (χ2v) is 9.84. The summed E-state index contributed by atoms with van der Waals surface area (Å²) in [5, 5.41) is 5.95. The number of primary amides is 1. The highest BCUT2D eigenvalue weighted by Crippen LogP contribution is 2.36. The van der Waals surface area contributed by atoms with Crippen molar-refractivity contribution in [2.75, 3.05) is 25.5 Å². The van der Waals surface area contributed by atoms with Gasteiger partial charge in [0.25, 0.3) is 5.91 Å². The number of ether oxygens (including phenoxy) is 2. The number of carbonyl (C=O) groups excluding carboxylic acids is 3. The lowest BCUT2D eigenvalue weighted by Gasteiger charge is -2.33. The van der Waals surface area contributed by atoms with Crippen LogP contribution in [0.2, 0.25) is 0 Å². The van der Waals surface area contributed by atoms with Crippen molar-refractivity contribution in [1.82, 2.24) is 10.2 Å². The van der Waals surface area contributed by atoms with E-state index in [1.165, 1.54) is 11.3 Å². The Morgan fingerprint density at radius 2 is 1.76 bits per heavy atom. The van der Waals surface area contributed by atoms with Crippen molar-refractivity contribution in [3.05, 3.63) is 35.9 Å². The highest BCUT2D eigenvalue weighted by molar-refractivity contribution is 7.20. The molecule has 4 N–H and O–H groups in total. The SMILES string of the molecule is COc1ccc(-c2cc(C(=O)NC3CCN(C(=O)OC(C)(C)C)CC3)c(NC(N)=O)s2)cc1. The summed E-state index contributed by atoms with van der Waals surface area (Å²) in [6.45, 7) is 6.48. The van der Waals surface area contributed by atoms with Gasteiger partial charge in [0.1, 0.15) is 16.4 Å². The van der Waals surface area contributed by atoms with Gasteiger partial charge in [-0.1, -0.05) is 0 Å². The fraction of sp³-hybridized carbons (Fsp3) is 0.435. The van der Waals surface area contributed by atoms with Gasteiger partial charge in [0, 0.05) is 24.0 Å². The molecule has 1 aromatic carbocycles. The molecule has 2 heterocycles. The second-order valence-electron chi connectivity index (χ2n) is 8.79. The lowest BCUT2D eigenvalue weighted by atomic mass is 10.0. The van der Waals surface area contributed by atoms with Crippen LogP contribution in [0.3, 0.4) is 0 Å². The van der Waals surface area contributed by atoms with E-state index in [0.29, 0.717) is 36.5 Å². The van der Waals surface area contributed by atoms with E-state index >= 15 is 0 Å². The van der Waals surface area contributed by atoms with Crippen LogP contribution >= 0.6 is 11.3 Å². The van der Waals surface area contributed by atoms with E-state index < -0.39 is 11.6 Å². The predicted octanol–water partition coefficient (Wildman–Crippen LogP) is 4.04. The summed E-state index contributed by atoms with van der Waals surface area (Å²) in [6.07, 6.45) is 0.875. The third-order valence-corrected chi connectivity index (χ3v) is 6.17. The van der Waals surface area contributed by atoms with Crippen LogP contribution in [0, 0.1) is 0 Å². The van der Waals surface area contributed by atoms with Crippen LogP contribution in [0.5, 0.6) is 5.75 Å². The first-order chi connectivity index (χ1) is 15.6. The van der Waals surface area contributed by atoms with E-state index in [0.717, 1.165) is 16.2 Å². The highest BCUT2D eigenvalue weighted by atomic mass is 32.1. The molecule has 4 amide bonds. The van der Waals surface area contributed by atoms with Gasteiger partial charge >= 0.3 is 12.1 Å². The molecule has 2 aromatic rings. The molecule has 1 aliphatic heterocycles. The molecule has 0 aliphatic carbocycles. The molecule has 0 unspecified atom stereocenters. The number of nitrogens with two attached hydrogens (primary N) is 1. The maximum absolute atomic E-state index is 13.0. The number of nitrogens with one attached hydrogen (secondary N) is 2. The van der Waals surface area contributed by atoms with Gasteiger partial charge in [0.2, 0.25) is 0 Å². The molecule has 0 spiro atoms. The number of anilines is 1. The van der Waals surface area contributed by atoms with Gasteiger partial charge in [-0.15, -0.1) is 11.3 Å². The number of amides is 4. The Kier molecular flexibility index (Phi) is 7.47. The van der Waals surface area contributed by atoms with Crippen molar-refractivity contribution < 1.29 is 23.9 Å². The summed E-state index contributed by atoms with van der Waals surface area (Å²) in [4.78, 5) is 39.2. The first-order valence-electron chi connectivity index (χ1n) is 10.7. The summed E-state index contributed by atoms with van der Waals surface area (Å²) < 4.78 is 10.6. The Morgan fingerprint density at radius 3 is 2.30 bits per heavy atom. The van der Waals surface area contributed by atoms with Crippen LogP contribution in [-0.4, -0.2) is 54.8 Å². The number of methoxy groups -OCH3 is 1. The number of likely N-dealkylation sites (tertiary alicyclic amines) is 1. The predicted molar refractivity (Wildman–Crippen MR) is 128 cm³/mol. The Labute approximate surface area is 197 Å². The van der Waals surface area contributed by atoms with Crippen LogP contribution in [-0.2, 0) is 4.74 Å². The van der Waals surface area contributed by atoms with Gasteiger partial charge in [-0.05, 0) is 69.5 Å². The molecular weight excluding hydrogens is 444 g/mol. The highest BCUT2D eigenvalue weighted by Gasteiger charge is 2.28. The molecule has 10 heteroatoms. The van der Waals surface area contributed by atoms with Gasteiger partial charge in [-0.2, -0.15) is 0 Å². The molecule has 178 valence electrons. The molecule has 0 radical (unpaired) electrons. The zero-order valence-electron chi connectivity index (χ0n) is 19.3. The fourth-order valence-electron chi connectivity index (χ4n) is 3.46. The minimum Gasteiger partial charge on any atom is -0.497 e. The van der Waals surface area contributed by atoms with Crippen LogP contribution in [0.25, 0.3) is 10.4 Å². The average Bonchev–Trinajstić information content (AvgIpc) is 3.16. The first kappa shape index (κ1) is 24.4. The number of hydrogen-bond acceptors (Lipinski definition) is 6. The number of piperidine rings is 1. The van der Waals surface area contributed by atoms with Crippen molar-refractivity contribution in [1.29, 1.82) is 0 Å². The van der Waals surface area contributed by atoms with Crippen LogP contribution in [0.4, 0.5) is 14.6 Å². The maximum Gasteiger partial charge on any atom is 0.410 e. The minimum absolute atomic E-state index is 0.0954. The molecule has 1 aromatic heterocycles. The van der Waals surface area contributed by atoms with Crippen molar-refractivity contribution in [2.24, 2.45) is 5.73 Å². The third kappa shape index (κ3) is 6.61. The largest absolute Gasteiger partial charge is 0.497 e. The first-order valence-corrected chi connectivity index (χ1v) is 11.5. The van der Waals surface area contributed by atoms with Crippen LogP contribution in [0.1, 0.15) is 44.0 Å². The zero-order chi connectivity index (χ0) is 24.2. The van der Waals surface area contributed by atoms with E-state index in [1.54, 1.807) is 18.1 Å². The Hall–Kier alpha value is -3.27. The van der Waals surface area contributed by atoms with E-state index in [4.69, 9.17) is 15.2 Å². The molecule has 3 rings (SSSR count). The van der Waals surface area contributed by atoms with Gasteiger partial charge < -0.3 is 25.4 Å². The molecule has 0 saturated carbocycles. The van der Waals surface area contributed by atoms with E-state index in [2.05, 4.69) is 10.6 Å². The minimum atomic E-state index is -0.738. The molecule has 0 bridgehead atoms. The van der Waals surface area contributed by atoms with Gasteiger partial charge in [-0.3, -0.25) is 10.1 Å². The van der Waals surface area contributed by atoms with E-state index in [-0.39, 0.29) is 18.0 Å². The summed E-state index contributed by atoms with van der Waals surface area (Å²) >= 11 is 1.27. The second kappa shape index (κ2) is 10.1. The fourth-order valence-corrected chi connectivity index (χ4v) is 4.52. The van der Waals surface area contributed by atoms with Crippen molar-refractivity contribution in [3.63, 3.8) is 0 Å². The standard InChI is InChI=1S/C23H30N4O5S/c1-23(2,3)32-22(30)27-11-9-15(10-12-27)25-19(28)17-13-18(33-20(17)26-21(24)29)14-5-7-16(31-4)8-6-14/h5-8,13,15H,9-12H2,1-4H3,(H,25,28)(H3,24,26,29). The van der Waals surface area contributed by atoms with Gasteiger partial charge in [0.05, 0.1) is 12.7 Å². The zero-order valence-corrected chi connectivity index (χ0v) is 20.1. The van der Waals surface area contributed by atoms with Crippen LogP contribution in [0.15, 0.2) is 30.3 Å². The summed E-state index contributed by atoms with van der Waals surface area (Å²) in [7, 11) is 1.59. The third-order valence-electron chi connectivity index (χ3n) is 5.07. The average molecular weight is 475 g/mol. The number of carbonyl (C=O) groups is 3. The summed E-state index contributed by atoms with van der Waals surface area (Å²) in [6, 6.07) is 8.32. The maximum atomic E-state index is 13.0. The van der Waals surface area contributed by atoms with E-state index in [1.807, 2.05) is 45.0 Å². The number of nitrogens with zero attached hydrogens (tertiary/aromatic N) is 1. The monoisotopic (exact) mass is 474 g/mol. The molecule has 9 nitrogen and oxygen atoms in total. The number of hydrogen-bond donors (Lipinski definition) is 3. The number of rotatable bonds is 5. The van der Waals surface area contributed by atoms with Crippen molar-refractivity contribution in [3.8, 4) is 16.2 Å². The van der Waals surface area contributed by atoms with Crippen LogP contribution < -0.4 is 21.1 Å². The van der Waals surface area contributed by atoms with E-state index in [9.17, 15) is 14.4 Å². The normalized spacial score (nSPS) is 14.5.